The molecule has 2 aliphatic rings. The predicted octanol–water partition coefficient (Wildman–Crippen LogP) is 7.59. The molecule has 0 bridgehead atoms. The van der Waals surface area contributed by atoms with E-state index in [4.69, 9.17) is 40.2 Å². The van der Waals surface area contributed by atoms with Crippen LogP contribution in [0.4, 0.5) is 5.13 Å². The molecule has 0 unspecified atom stereocenters. The standard InChI is InChI=1S/C28H25Cl2N3O3S3/c29-19-8-11-23(30)18(13-19)14-22-15-31-27(38-22)32-25(34)16-33-26(35)24(39-28(33)37)12-17-6-9-21(10-7-17)36-20-4-2-1-3-5-20/h6-13,15,20H,1-5,14,16H2,(H,31,32,34)/b24-12-. The third-order valence-electron chi connectivity index (χ3n) is 6.38. The Morgan fingerprint density at radius 3 is 2.69 bits per heavy atom. The smallest absolute Gasteiger partial charge is 0.266 e. The van der Waals surface area contributed by atoms with Gasteiger partial charge in [0.2, 0.25) is 5.91 Å². The van der Waals surface area contributed by atoms with E-state index >= 15 is 0 Å². The molecule has 11 heteroatoms. The van der Waals surface area contributed by atoms with Crippen molar-refractivity contribution in [1.29, 1.82) is 0 Å². The highest BCUT2D eigenvalue weighted by Gasteiger charge is 2.33. The fourth-order valence-electron chi connectivity index (χ4n) is 4.42. The van der Waals surface area contributed by atoms with Crippen molar-refractivity contribution in [3.63, 3.8) is 0 Å². The van der Waals surface area contributed by atoms with E-state index in [9.17, 15) is 9.59 Å². The van der Waals surface area contributed by atoms with Crippen LogP contribution in [0.1, 0.15) is 48.1 Å². The number of thioether (sulfide) groups is 1. The first-order valence-electron chi connectivity index (χ1n) is 12.5. The molecule has 2 fully saturated rings. The lowest BCUT2D eigenvalue weighted by Crippen LogP contribution is -2.36. The van der Waals surface area contributed by atoms with Gasteiger partial charge >= 0.3 is 0 Å². The average Bonchev–Trinajstić information content (AvgIpc) is 3.46. The molecular formula is C28H25Cl2N3O3S3. The summed E-state index contributed by atoms with van der Waals surface area (Å²) < 4.78 is 6.43. The number of carbonyl (C=O) groups is 2. The number of benzene rings is 2. The normalized spacial score (nSPS) is 17.2. The van der Waals surface area contributed by atoms with Gasteiger partial charge < -0.3 is 10.1 Å². The van der Waals surface area contributed by atoms with Crippen molar-refractivity contribution in [3.05, 3.63) is 79.6 Å². The van der Waals surface area contributed by atoms with Gasteiger partial charge in [0.25, 0.3) is 5.91 Å². The van der Waals surface area contributed by atoms with E-state index in [0.717, 1.165) is 34.6 Å². The number of rotatable bonds is 8. The summed E-state index contributed by atoms with van der Waals surface area (Å²) in [4.78, 5) is 32.7. The van der Waals surface area contributed by atoms with Gasteiger partial charge in [-0.15, -0.1) is 11.3 Å². The Morgan fingerprint density at radius 1 is 1.15 bits per heavy atom. The van der Waals surface area contributed by atoms with Gasteiger partial charge in [-0.25, -0.2) is 4.98 Å². The number of thiazole rings is 1. The van der Waals surface area contributed by atoms with E-state index in [1.807, 2.05) is 30.3 Å². The van der Waals surface area contributed by atoms with Crippen molar-refractivity contribution >= 4 is 85.9 Å². The molecule has 0 atom stereocenters. The maximum atomic E-state index is 13.0. The van der Waals surface area contributed by atoms with Gasteiger partial charge in [0.05, 0.1) is 11.0 Å². The number of ether oxygens (including phenoxy) is 1. The average molecular weight is 619 g/mol. The van der Waals surface area contributed by atoms with Crippen LogP contribution in [-0.4, -0.2) is 38.7 Å². The summed E-state index contributed by atoms with van der Waals surface area (Å²) in [6, 6.07) is 13.0. The molecule has 2 aromatic carbocycles. The quantitative estimate of drug-likeness (QED) is 0.207. The van der Waals surface area contributed by atoms with E-state index in [1.54, 1.807) is 24.4 Å². The fourth-order valence-corrected chi connectivity index (χ4v) is 6.91. The maximum absolute atomic E-state index is 13.0. The van der Waals surface area contributed by atoms with E-state index in [0.29, 0.717) is 30.8 Å². The van der Waals surface area contributed by atoms with Crippen molar-refractivity contribution in [1.82, 2.24) is 9.88 Å². The first kappa shape index (κ1) is 28.1. The summed E-state index contributed by atoms with van der Waals surface area (Å²) >= 11 is 20.3. The molecule has 1 aromatic heterocycles. The lowest BCUT2D eigenvalue weighted by Gasteiger charge is -2.22. The van der Waals surface area contributed by atoms with E-state index in [1.165, 1.54) is 47.3 Å². The van der Waals surface area contributed by atoms with Crippen LogP contribution in [0, 0.1) is 0 Å². The summed E-state index contributed by atoms with van der Waals surface area (Å²) in [5, 5.41) is 4.41. The third-order valence-corrected chi connectivity index (χ3v) is 9.27. The van der Waals surface area contributed by atoms with Crippen molar-refractivity contribution in [2.24, 2.45) is 0 Å². The Kier molecular flexibility index (Phi) is 9.25. The Balaban J connectivity index is 1.16. The SMILES string of the molecule is O=C(CN1C(=O)/C(=C/c2ccc(OC3CCCCC3)cc2)SC1=S)Nc1ncc(Cc2cc(Cl)ccc2Cl)s1. The number of carbonyl (C=O) groups excluding carboxylic acids is 2. The van der Waals surface area contributed by atoms with Crippen molar-refractivity contribution in [3.8, 4) is 5.75 Å². The zero-order valence-corrected chi connectivity index (χ0v) is 24.8. The first-order chi connectivity index (χ1) is 18.8. The molecule has 2 heterocycles. The number of amides is 2. The van der Waals surface area contributed by atoms with Gasteiger partial charge in [-0.1, -0.05) is 65.7 Å². The maximum Gasteiger partial charge on any atom is 0.266 e. The van der Waals surface area contributed by atoms with Gasteiger partial charge in [0.1, 0.15) is 16.6 Å². The van der Waals surface area contributed by atoms with Crippen LogP contribution in [-0.2, 0) is 16.0 Å². The highest BCUT2D eigenvalue weighted by Crippen LogP contribution is 2.33. The third kappa shape index (κ3) is 7.41. The molecular weight excluding hydrogens is 593 g/mol. The number of thiocarbonyl (C=S) groups is 1. The molecule has 5 rings (SSSR count). The predicted molar refractivity (Wildman–Crippen MR) is 164 cm³/mol. The summed E-state index contributed by atoms with van der Waals surface area (Å²) in [5.41, 5.74) is 1.74. The molecule has 202 valence electrons. The molecule has 0 spiro atoms. The molecule has 1 N–H and O–H groups in total. The van der Waals surface area contributed by atoms with Gasteiger partial charge in [0.15, 0.2) is 5.13 Å². The van der Waals surface area contributed by atoms with Crippen LogP contribution in [0.25, 0.3) is 6.08 Å². The van der Waals surface area contributed by atoms with Crippen LogP contribution in [0.5, 0.6) is 5.75 Å². The second-order valence-electron chi connectivity index (χ2n) is 9.31. The first-order valence-corrected chi connectivity index (χ1v) is 15.3. The molecule has 39 heavy (non-hydrogen) atoms. The molecule has 1 saturated heterocycles. The summed E-state index contributed by atoms with van der Waals surface area (Å²) in [6.45, 7) is -0.189. The number of nitrogens with zero attached hydrogens (tertiary/aromatic N) is 2. The molecule has 2 amide bonds. The minimum atomic E-state index is -0.376. The topological polar surface area (TPSA) is 71.5 Å². The van der Waals surface area contributed by atoms with Crippen LogP contribution < -0.4 is 10.1 Å². The monoisotopic (exact) mass is 617 g/mol. The van der Waals surface area contributed by atoms with Crippen LogP contribution in [0.3, 0.4) is 0 Å². The zero-order chi connectivity index (χ0) is 27.4. The van der Waals surface area contributed by atoms with E-state index in [2.05, 4.69) is 10.3 Å². The highest BCUT2D eigenvalue weighted by atomic mass is 35.5. The summed E-state index contributed by atoms with van der Waals surface area (Å²) in [5.74, 6) is 0.167. The lowest BCUT2D eigenvalue weighted by atomic mass is 9.98. The van der Waals surface area contributed by atoms with Crippen molar-refractivity contribution in [2.75, 3.05) is 11.9 Å². The van der Waals surface area contributed by atoms with Crippen LogP contribution in [0.15, 0.2) is 53.6 Å². The lowest BCUT2D eigenvalue weighted by molar-refractivity contribution is -0.126. The van der Waals surface area contributed by atoms with Gasteiger partial charge in [-0.2, -0.15) is 0 Å². The van der Waals surface area contributed by atoms with Gasteiger partial charge in [-0.3, -0.25) is 14.5 Å². The molecule has 1 aliphatic carbocycles. The van der Waals surface area contributed by atoms with E-state index < -0.39 is 0 Å². The number of halogens is 2. The van der Waals surface area contributed by atoms with Crippen LogP contribution in [0.2, 0.25) is 10.0 Å². The summed E-state index contributed by atoms with van der Waals surface area (Å²) in [7, 11) is 0. The van der Waals surface area contributed by atoms with Crippen LogP contribution >= 0.6 is 58.5 Å². The Morgan fingerprint density at radius 2 is 1.92 bits per heavy atom. The second kappa shape index (κ2) is 12.8. The molecule has 1 aliphatic heterocycles. The highest BCUT2D eigenvalue weighted by molar-refractivity contribution is 8.26. The van der Waals surface area contributed by atoms with Gasteiger partial charge in [-0.05, 0) is 73.2 Å². The van der Waals surface area contributed by atoms with Crippen molar-refractivity contribution in [2.45, 2.75) is 44.6 Å². The van der Waals surface area contributed by atoms with E-state index in [-0.39, 0.29) is 24.5 Å². The fraction of sp³-hybridized carbons (Fsp3) is 0.286. The largest absolute Gasteiger partial charge is 0.490 e. The number of aromatic nitrogens is 1. The molecule has 6 nitrogen and oxygen atoms in total. The minimum absolute atomic E-state index is 0.189. The number of nitrogens with one attached hydrogen (secondary N) is 1. The Hall–Kier alpha value is -2.43. The second-order valence-corrected chi connectivity index (χ2v) is 12.9. The number of hydrogen-bond donors (Lipinski definition) is 1. The van der Waals surface area contributed by atoms with Gasteiger partial charge in [0, 0.05) is 27.5 Å². The number of hydrogen-bond acceptors (Lipinski definition) is 7. The number of anilines is 1. The molecule has 3 aromatic rings. The molecule has 1 saturated carbocycles. The molecule has 0 radical (unpaired) electrons. The zero-order valence-electron chi connectivity index (χ0n) is 20.8. The Bertz CT molecular complexity index is 1420. The van der Waals surface area contributed by atoms with Crippen molar-refractivity contribution < 1.29 is 14.3 Å². The Labute approximate surface area is 250 Å². The minimum Gasteiger partial charge on any atom is -0.490 e. The summed E-state index contributed by atoms with van der Waals surface area (Å²) in [6.07, 6.45) is 10.2.